The van der Waals surface area contributed by atoms with Crippen molar-refractivity contribution in [3.05, 3.63) is 0 Å². The van der Waals surface area contributed by atoms with Crippen LogP contribution in [0.5, 0.6) is 0 Å². The van der Waals surface area contributed by atoms with Crippen molar-refractivity contribution in [2.75, 3.05) is 13.1 Å². The first-order chi connectivity index (χ1) is 9.66. The van der Waals surface area contributed by atoms with Crippen molar-refractivity contribution in [2.45, 2.75) is 95.7 Å². The molecular weight excluding hydrogens is 244 g/mol. The maximum Gasteiger partial charge on any atom is 0.0253 e. The first-order valence-corrected chi connectivity index (χ1v) is 9.16. The summed E-state index contributed by atoms with van der Waals surface area (Å²) >= 11 is 0. The highest BCUT2D eigenvalue weighted by Gasteiger charge is 2.40. The molecule has 1 atom stereocenters. The smallest absolute Gasteiger partial charge is 0.0253 e. The fourth-order valence-electron chi connectivity index (χ4n) is 4.90. The van der Waals surface area contributed by atoms with Gasteiger partial charge < -0.3 is 5.32 Å². The van der Waals surface area contributed by atoms with E-state index in [4.69, 9.17) is 0 Å². The Morgan fingerprint density at radius 3 is 2.10 bits per heavy atom. The molecule has 1 aliphatic heterocycles. The molecule has 0 aromatic heterocycles. The molecule has 2 aliphatic carbocycles. The van der Waals surface area contributed by atoms with Gasteiger partial charge in [0.05, 0.1) is 0 Å². The summed E-state index contributed by atoms with van der Waals surface area (Å²) < 4.78 is 0. The van der Waals surface area contributed by atoms with E-state index in [1.54, 1.807) is 0 Å². The zero-order valence-corrected chi connectivity index (χ0v) is 13.7. The molecule has 0 bridgehead atoms. The topological polar surface area (TPSA) is 15.3 Å². The highest BCUT2D eigenvalue weighted by Crippen LogP contribution is 2.35. The van der Waals surface area contributed by atoms with Gasteiger partial charge in [-0.15, -0.1) is 0 Å². The third kappa shape index (κ3) is 3.39. The van der Waals surface area contributed by atoms with E-state index in [9.17, 15) is 0 Å². The number of hydrogen-bond acceptors (Lipinski definition) is 2. The van der Waals surface area contributed by atoms with Crippen molar-refractivity contribution in [1.29, 1.82) is 0 Å². The van der Waals surface area contributed by atoms with E-state index in [2.05, 4.69) is 24.1 Å². The highest BCUT2D eigenvalue weighted by molar-refractivity contribution is 4.98. The summed E-state index contributed by atoms with van der Waals surface area (Å²) in [6.45, 7) is 7.27. The second-order valence-corrected chi connectivity index (χ2v) is 8.19. The molecule has 3 fully saturated rings. The van der Waals surface area contributed by atoms with E-state index < -0.39 is 0 Å². The van der Waals surface area contributed by atoms with E-state index in [0.29, 0.717) is 5.54 Å². The van der Waals surface area contributed by atoms with Crippen LogP contribution in [-0.2, 0) is 0 Å². The van der Waals surface area contributed by atoms with Gasteiger partial charge in [0.1, 0.15) is 0 Å². The molecule has 0 amide bonds. The highest BCUT2D eigenvalue weighted by atomic mass is 15.3. The van der Waals surface area contributed by atoms with Crippen LogP contribution in [0.1, 0.15) is 78.1 Å². The molecule has 2 heteroatoms. The van der Waals surface area contributed by atoms with Crippen molar-refractivity contribution in [3.8, 4) is 0 Å². The normalized spacial score (nSPS) is 34.2. The Morgan fingerprint density at radius 1 is 0.850 bits per heavy atom. The molecule has 1 heterocycles. The summed E-state index contributed by atoms with van der Waals surface area (Å²) in [5, 5.41) is 3.83. The van der Waals surface area contributed by atoms with E-state index in [0.717, 1.165) is 18.0 Å². The van der Waals surface area contributed by atoms with Crippen molar-refractivity contribution < 1.29 is 0 Å². The van der Waals surface area contributed by atoms with Crippen LogP contribution in [0.15, 0.2) is 0 Å². The Bertz CT molecular complexity index is 301. The van der Waals surface area contributed by atoms with Gasteiger partial charge in [0, 0.05) is 30.7 Å². The lowest BCUT2D eigenvalue weighted by Crippen LogP contribution is -2.65. The Balaban J connectivity index is 1.71. The summed E-state index contributed by atoms with van der Waals surface area (Å²) in [6, 6.07) is 1.71. The van der Waals surface area contributed by atoms with Crippen LogP contribution in [0.25, 0.3) is 0 Å². The first kappa shape index (κ1) is 14.8. The number of hydrogen-bond donors (Lipinski definition) is 1. The number of nitrogens with zero attached hydrogens (tertiary/aromatic N) is 1. The largest absolute Gasteiger partial charge is 0.309 e. The lowest BCUT2D eigenvalue weighted by Gasteiger charge is -2.52. The minimum absolute atomic E-state index is 0.308. The standard InChI is InChI=1S/C18H34N2/c1-18(2)14-20(16-11-7-4-8-12-16)17(13-19-18)15-9-5-3-6-10-15/h15-17,19H,3-14H2,1-2H3. The molecule has 116 valence electrons. The van der Waals surface area contributed by atoms with E-state index >= 15 is 0 Å². The van der Waals surface area contributed by atoms with Crippen LogP contribution < -0.4 is 5.32 Å². The van der Waals surface area contributed by atoms with Gasteiger partial charge in [-0.1, -0.05) is 38.5 Å². The quantitative estimate of drug-likeness (QED) is 0.822. The van der Waals surface area contributed by atoms with E-state index in [1.807, 2.05) is 0 Å². The van der Waals surface area contributed by atoms with Crippen molar-refractivity contribution >= 4 is 0 Å². The van der Waals surface area contributed by atoms with E-state index in [1.165, 1.54) is 77.3 Å². The van der Waals surface area contributed by atoms with E-state index in [-0.39, 0.29) is 0 Å². The SMILES string of the molecule is CC1(C)CN(C2CCCCC2)C(C2CCCCC2)CN1. The minimum atomic E-state index is 0.308. The zero-order valence-electron chi connectivity index (χ0n) is 13.7. The van der Waals surface area contributed by atoms with Gasteiger partial charge in [-0.3, -0.25) is 4.90 Å². The molecule has 20 heavy (non-hydrogen) atoms. The first-order valence-electron chi connectivity index (χ1n) is 9.16. The minimum Gasteiger partial charge on any atom is -0.309 e. The van der Waals surface area contributed by atoms with Gasteiger partial charge in [-0.05, 0) is 45.4 Å². The van der Waals surface area contributed by atoms with Crippen LogP contribution in [0, 0.1) is 5.92 Å². The monoisotopic (exact) mass is 278 g/mol. The summed E-state index contributed by atoms with van der Waals surface area (Å²) in [5.41, 5.74) is 0.308. The molecule has 0 aromatic carbocycles. The van der Waals surface area contributed by atoms with Gasteiger partial charge >= 0.3 is 0 Å². The molecule has 2 nitrogen and oxygen atoms in total. The Kier molecular flexibility index (Phi) is 4.72. The van der Waals surface area contributed by atoms with Gasteiger partial charge in [0.2, 0.25) is 0 Å². The summed E-state index contributed by atoms with van der Waals surface area (Å²) in [4.78, 5) is 2.95. The molecule has 0 radical (unpaired) electrons. The van der Waals surface area contributed by atoms with Gasteiger partial charge in [0.15, 0.2) is 0 Å². The Labute approximate surface area is 125 Å². The molecule has 3 aliphatic rings. The van der Waals surface area contributed by atoms with Gasteiger partial charge in [-0.2, -0.15) is 0 Å². The van der Waals surface area contributed by atoms with Crippen LogP contribution in [0.3, 0.4) is 0 Å². The second kappa shape index (κ2) is 6.36. The maximum absolute atomic E-state index is 3.83. The zero-order chi connectivity index (χ0) is 14.0. The molecule has 2 saturated carbocycles. The average molecular weight is 278 g/mol. The second-order valence-electron chi connectivity index (χ2n) is 8.19. The number of rotatable bonds is 2. The molecule has 3 rings (SSSR count). The lowest BCUT2D eigenvalue weighted by molar-refractivity contribution is 0.00285. The summed E-state index contributed by atoms with van der Waals surface area (Å²) in [7, 11) is 0. The molecule has 1 saturated heterocycles. The number of nitrogens with one attached hydrogen (secondary N) is 1. The predicted molar refractivity (Wildman–Crippen MR) is 86.0 cm³/mol. The summed E-state index contributed by atoms with van der Waals surface area (Å²) in [5.74, 6) is 0.967. The van der Waals surface area contributed by atoms with Crippen molar-refractivity contribution in [2.24, 2.45) is 5.92 Å². The van der Waals surface area contributed by atoms with Gasteiger partial charge in [-0.25, -0.2) is 0 Å². The van der Waals surface area contributed by atoms with Crippen LogP contribution in [0.4, 0.5) is 0 Å². The summed E-state index contributed by atoms with van der Waals surface area (Å²) in [6.07, 6.45) is 14.7. The predicted octanol–water partition coefficient (Wildman–Crippen LogP) is 3.95. The molecule has 1 N–H and O–H groups in total. The molecule has 0 aromatic rings. The Hall–Kier alpha value is -0.0800. The lowest BCUT2D eigenvalue weighted by atomic mass is 9.79. The fraction of sp³-hybridized carbons (Fsp3) is 1.00. The number of piperazine rings is 1. The average Bonchev–Trinajstić information content (AvgIpc) is 2.48. The maximum atomic E-state index is 3.83. The molecule has 0 spiro atoms. The third-order valence-corrected chi connectivity index (χ3v) is 6.03. The van der Waals surface area contributed by atoms with Crippen molar-refractivity contribution in [1.82, 2.24) is 10.2 Å². The molecule has 1 unspecified atom stereocenters. The van der Waals surface area contributed by atoms with Crippen molar-refractivity contribution in [3.63, 3.8) is 0 Å². The Morgan fingerprint density at radius 2 is 1.45 bits per heavy atom. The molecular formula is C18H34N2. The van der Waals surface area contributed by atoms with Gasteiger partial charge in [0.25, 0.3) is 0 Å². The van der Waals surface area contributed by atoms with Crippen LogP contribution in [0.2, 0.25) is 0 Å². The third-order valence-electron chi connectivity index (χ3n) is 6.03. The van der Waals surface area contributed by atoms with Crippen LogP contribution in [-0.4, -0.2) is 35.6 Å². The van der Waals surface area contributed by atoms with Crippen LogP contribution >= 0.6 is 0 Å². The fourth-order valence-corrected chi connectivity index (χ4v) is 4.90.